The Labute approximate surface area is 178 Å². The minimum absolute atomic E-state index is 0.00819. The summed E-state index contributed by atoms with van der Waals surface area (Å²) in [5, 5.41) is 13.9. The second-order valence-corrected chi connectivity index (χ2v) is 7.02. The highest BCUT2D eigenvalue weighted by atomic mass is 35.5. The first-order chi connectivity index (χ1) is 14.6. The third-order valence-electron chi connectivity index (χ3n) is 4.72. The van der Waals surface area contributed by atoms with E-state index < -0.39 is 22.4 Å². The number of pyridine rings is 1. The second kappa shape index (κ2) is 8.88. The molecule has 0 aliphatic carbocycles. The van der Waals surface area contributed by atoms with E-state index in [1.807, 2.05) is 0 Å². The number of hydrogen-bond donors (Lipinski definition) is 1. The van der Waals surface area contributed by atoms with E-state index in [1.54, 1.807) is 4.90 Å². The van der Waals surface area contributed by atoms with Crippen molar-refractivity contribution in [1.29, 1.82) is 0 Å². The zero-order valence-electron chi connectivity index (χ0n) is 16.0. The quantitative estimate of drug-likeness (QED) is 0.405. The van der Waals surface area contributed by atoms with Gasteiger partial charge in [-0.1, -0.05) is 11.6 Å². The summed E-state index contributed by atoms with van der Waals surface area (Å²) in [5.74, 6) is -1.16. The Kier molecular flexibility index (Phi) is 6.43. The van der Waals surface area contributed by atoms with Gasteiger partial charge in [-0.2, -0.15) is 13.2 Å². The highest BCUT2D eigenvalue weighted by Crippen LogP contribution is 2.37. The summed E-state index contributed by atoms with van der Waals surface area (Å²) in [4.78, 5) is 35.8. The van der Waals surface area contributed by atoms with Crippen molar-refractivity contribution in [1.82, 2.24) is 15.0 Å². The molecule has 31 heavy (non-hydrogen) atoms. The molecular formula is C17H16ClF3N6O4. The molecule has 0 saturated carbocycles. The van der Waals surface area contributed by atoms with Gasteiger partial charge in [0.2, 0.25) is 11.6 Å². The molecule has 1 N–H and O–H groups in total. The summed E-state index contributed by atoms with van der Waals surface area (Å²) in [6.07, 6.45) is -2.17. The Bertz CT molecular complexity index is 998. The van der Waals surface area contributed by atoms with Crippen LogP contribution in [-0.2, 0) is 15.7 Å². The molecule has 2 aromatic heterocycles. The monoisotopic (exact) mass is 460 g/mol. The first kappa shape index (κ1) is 22.5. The molecule has 3 rings (SSSR count). The number of ether oxygens (including phenoxy) is 1. The maximum Gasteiger partial charge on any atom is 0.417 e. The van der Waals surface area contributed by atoms with E-state index >= 15 is 0 Å². The number of hydrogen-bond acceptors (Lipinski definition) is 9. The van der Waals surface area contributed by atoms with Gasteiger partial charge in [-0.05, 0) is 18.9 Å². The molecule has 1 aliphatic heterocycles. The van der Waals surface area contributed by atoms with Gasteiger partial charge < -0.3 is 15.0 Å². The predicted octanol–water partition coefficient (Wildman–Crippen LogP) is 3.59. The van der Waals surface area contributed by atoms with Crippen molar-refractivity contribution in [2.45, 2.75) is 19.0 Å². The van der Waals surface area contributed by atoms with E-state index in [2.05, 4.69) is 20.3 Å². The Morgan fingerprint density at radius 3 is 2.52 bits per heavy atom. The number of nitro groups is 1. The van der Waals surface area contributed by atoms with Gasteiger partial charge in [0.15, 0.2) is 5.82 Å². The molecule has 166 valence electrons. The first-order valence-electron chi connectivity index (χ1n) is 8.93. The fraction of sp³-hybridized carbons (Fsp3) is 0.412. The molecule has 0 aromatic carbocycles. The van der Waals surface area contributed by atoms with Crippen LogP contribution in [0.25, 0.3) is 0 Å². The van der Waals surface area contributed by atoms with E-state index in [0.29, 0.717) is 38.2 Å². The van der Waals surface area contributed by atoms with Crippen LogP contribution in [0.4, 0.5) is 36.3 Å². The number of methoxy groups -OCH3 is 1. The smallest absolute Gasteiger partial charge is 0.417 e. The summed E-state index contributed by atoms with van der Waals surface area (Å²) < 4.78 is 43.1. The number of aromatic nitrogens is 3. The van der Waals surface area contributed by atoms with Gasteiger partial charge in [-0.25, -0.2) is 15.0 Å². The molecule has 0 spiro atoms. The minimum atomic E-state index is -4.64. The number of carbonyl (C=O) groups excluding carboxylic acids is 1. The van der Waals surface area contributed by atoms with E-state index in [0.717, 1.165) is 6.33 Å². The number of halogens is 4. The number of alkyl halides is 3. The van der Waals surface area contributed by atoms with Crippen LogP contribution in [0.5, 0.6) is 0 Å². The standard InChI is InChI=1S/C17H16ClF3N6O4/c1-31-16(28)9-2-4-26(5-3-9)15-12(27(29)30)14(23-8-24-15)25-13-11(18)6-10(7-22-13)17(19,20)21/h6-9H,2-5H2,1H3,(H,22,23,24,25). The lowest BCUT2D eigenvalue weighted by Crippen LogP contribution is -2.37. The average molecular weight is 461 g/mol. The molecule has 10 nitrogen and oxygen atoms in total. The first-order valence-corrected chi connectivity index (χ1v) is 9.31. The minimum Gasteiger partial charge on any atom is -0.469 e. The molecular weight excluding hydrogens is 445 g/mol. The number of rotatable bonds is 5. The van der Waals surface area contributed by atoms with Gasteiger partial charge in [0.05, 0.1) is 28.5 Å². The van der Waals surface area contributed by atoms with E-state index in [1.165, 1.54) is 7.11 Å². The maximum absolute atomic E-state index is 12.8. The Hall–Kier alpha value is -3.22. The van der Waals surface area contributed by atoms with Crippen LogP contribution in [0.15, 0.2) is 18.6 Å². The zero-order chi connectivity index (χ0) is 22.8. The summed E-state index contributed by atoms with van der Waals surface area (Å²) in [5.41, 5.74) is -1.55. The SMILES string of the molecule is COC(=O)C1CCN(c2ncnc(Nc3ncc(C(F)(F)F)cc3Cl)c2[N+](=O)[O-])CC1. The number of nitrogens with one attached hydrogen (secondary N) is 1. The fourth-order valence-corrected chi connectivity index (χ4v) is 3.36. The van der Waals surface area contributed by atoms with Crippen LogP contribution in [0.3, 0.4) is 0 Å². The molecule has 0 bridgehead atoms. The van der Waals surface area contributed by atoms with Crippen molar-refractivity contribution in [3.8, 4) is 0 Å². The molecule has 0 amide bonds. The number of esters is 1. The molecule has 2 aromatic rings. The van der Waals surface area contributed by atoms with Crippen LogP contribution in [0, 0.1) is 16.0 Å². The number of nitrogens with zero attached hydrogens (tertiary/aromatic N) is 5. The lowest BCUT2D eigenvalue weighted by Gasteiger charge is -2.31. The van der Waals surface area contributed by atoms with Crippen LogP contribution < -0.4 is 10.2 Å². The predicted molar refractivity (Wildman–Crippen MR) is 103 cm³/mol. The van der Waals surface area contributed by atoms with Crippen LogP contribution in [-0.4, -0.2) is 46.0 Å². The number of anilines is 3. The molecule has 1 saturated heterocycles. The molecule has 1 aliphatic rings. The number of carbonyl (C=O) groups is 1. The van der Waals surface area contributed by atoms with Crippen molar-refractivity contribution >= 4 is 40.7 Å². The summed E-state index contributed by atoms with van der Waals surface area (Å²) in [7, 11) is 1.29. The summed E-state index contributed by atoms with van der Waals surface area (Å²) >= 11 is 5.87. The Morgan fingerprint density at radius 2 is 1.97 bits per heavy atom. The summed E-state index contributed by atoms with van der Waals surface area (Å²) in [6, 6.07) is 0.655. The number of piperidine rings is 1. The normalized spacial score (nSPS) is 14.9. The van der Waals surface area contributed by atoms with Gasteiger partial charge in [-0.15, -0.1) is 0 Å². The highest BCUT2D eigenvalue weighted by molar-refractivity contribution is 6.33. The molecule has 0 atom stereocenters. The van der Waals surface area contributed by atoms with Crippen molar-refractivity contribution in [3.63, 3.8) is 0 Å². The Morgan fingerprint density at radius 1 is 1.29 bits per heavy atom. The Balaban J connectivity index is 1.88. The topological polar surface area (TPSA) is 123 Å². The lowest BCUT2D eigenvalue weighted by atomic mass is 9.97. The van der Waals surface area contributed by atoms with Gasteiger partial charge in [0.1, 0.15) is 6.33 Å². The molecule has 3 heterocycles. The van der Waals surface area contributed by atoms with Crippen molar-refractivity contribution < 1.29 is 27.6 Å². The fourth-order valence-electron chi connectivity index (χ4n) is 3.15. The van der Waals surface area contributed by atoms with Crippen molar-refractivity contribution in [2.75, 3.05) is 30.4 Å². The maximum atomic E-state index is 12.8. The molecule has 14 heteroatoms. The van der Waals surface area contributed by atoms with Crippen LogP contribution in [0.1, 0.15) is 18.4 Å². The third kappa shape index (κ3) is 4.93. The largest absolute Gasteiger partial charge is 0.469 e. The van der Waals surface area contributed by atoms with Crippen molar-refractivity contribution in [2.24, 2.45) is 5.92 Å². The highest BCUT2D eigenvalue weighted by Gasteiger charge is 2.34. The lowest BCUT2D eigenvalue weighted by molar-refractivity contribution is -0.383. The molecule has 0 unspecified atom stereocenters. The van der Waals surface area contributed by atoms with E-state index in [9.17, 15) is 28.1 Å². The second-order valence-electron chi connectivity index (χ2n) is 6.61. The van der Waals surface area contributed by atoms with E-state index in [-0.39, 0.29) is 34.4 Å². The van der Waals surface area contributed by atoms with Gasteiger partial charge in [0.25, 0.3) is 0 Å². The van der Waals surface area contributed by atoms with Gasteiger partial charge >= 0.3 is 17.8 Å². The van der Waals surface area contributed by atoms with Gasteiger partial charge in [-0.3, -0.25) is 14.9 Å². The van der Waals surface area contributed by atoms with E-state index in [4.69, 9.17) is 16.3 Å². The third-order valence-corrected chi connectivity index (χ3v) is 5.01. The molecule has 1 fully saturated rings. The van der Waals surface area contributed by atoms with Crippen molar-refractivity contribution in [3.05, 3.63) is 39.3 Å². The van der Waals surface area contributed by atoms with Gasteiger partial charge in [0, 0.05) is 19.3 Å². The van der Waals surface area contributed by atoms with Crippen LogP contribution in [0.2, 0.25) is 5.02 Å². The van der Waals surface area contributed by atoms with Crippen LogP contribution >= 0.6 is 11.6 Å². The average Bonchev–Trinajstić information content (AvgIpc) is 2.73. The summed E-state index contributed by atoms with van der Waals surface area (Å²) in [6.45, 7) is 0.632. The zero-order valence-corrected chi connectivity index (χ0v) is 16.8. The molecule has 0 radical (unpaired) electrons.